The molecule has 122 valence electrons. The first-order chi connectivity index (χ1) is 11.6. The van der Waals surface area contributed by atoms with E-state index in [1.165, 1.54) is 12.7 Å². The monoisotopic (exact) mass is 340 g/mol. The van der Waals surface area contributed by atoms with Crippen LogP contribution in [0.4, 0.5) is 0 Å². The lowest BCUT2D eigenvalue weighted by atomic mass is 10.1. The van der Waals surface area contributed by atoms with Crippen LogP contribution in [0.2, 0.25) is 5.02 Å². The molecule has 0 atom stereocenters. The first kappa shape index (κ1) is 16.3. The Labute approximate surface area is 145 Å². The molecule has 0 aliphatic rings. The summed E-state index contributed by atoms with van der Waals surface area (Å²) >= 11 is 6.30. The van der Waals surface area contributed by atoms with Crippen molar-refractivity contribution in [1.29, 1.82) is 0 Å². The summed E-state index contributed by atoms with van der Waals surface area (Å²) in [4.78, 5) is 16.3. The molecule has 0 bridgehead atoms. The topological polar surface area (TPSA) is 44.1 Å². The number of halogens is 1. The summed E-state index contributed by atoms with van der Waals surface area (Å²) in [6.07, 6.45) is 1.68. The third-order valence-corrected chi connectivity index (χ3v) is 4.23. The van der Waals surface area contributed by atoms with Crippen LogP contribution >= 0.6 is 11.6 Å². The Bertz CT molecular complexity index is 935. The van der Waals surface area contributed by atoms with Gasteiger partial charge in [-0.05, 0) is 30.2 Å². The molecule has 0 aliphatic carbocycles. The summed E-state index contributed by atoms with van der Waals surface area (Å²) in [6, 6.07) is 15.4. The lowest BCUT2D eigenvalue weighted by molar-refractivity contribution is 0.402. The van der Waals surface area contributed by atoms with E-state index in [1.54, 1.807) is 12.3 Å². The van der Waals surface area contributed by atoms with Gasteiger partial charge in [0.15, 0.2) is 0 Å². The van der Waals surface area contributed by atoms with Crippen LogP contribution in [-0.2, 0) is 6.54 Å². The predicted molar refractivity (Wildman–Crippen MR) is 95.8 cm³/mol. The van der Waals surface area contributed by atoms with Crippen molar-refractivity contribution in [2.24, 2.45) is 0 Å². The highest BCUT2D eigenvalue weighted by Crippen LogP contribution is 2.27. The summed E-state index contributed by atoms with van der Waals surface area (Å²) in [5.74, 6) is 0.731. The zero-order chi connectivity index (χ0) is 17.1. The molecule has 0 fully saturated rings. The number of ether oxygens (including phenoxy) is 1. The van der Waals surface area contributed by atoms with Gasteiger partial charge in [-0.3, -0.25) is 4.79 Å². The molecule has 0 spiro atoms. The maximum absolute atomic E-state index is 12.1. The van der Waals surface area contributed by atoms with E-state index >= 15 is 0 Å². The Morgan fingerprint density at radius 1 is 1.12 bits per heavy atom. The summed E-state index contributed by atoms with van der Waals surface area (Å²) in [6.45, 7) is 2.62. The van der Waals surface area contributed by atoms with Crippen LogP contribution in [0.15, 0.2) is 59.5 Å². The molecule has 0 saturated heterocycles. The second kappa shape index (κ2) is 6.89. The minimum absolute atomic E-state index is 0.208. The van der Waals surface area contributed by atoms with Crippen LogP contribution in [0.25, 0.3) is 11.4 Å². The molecular weight excluding hydrogens is 324 g/mol. The van der Waals surface area contributed by atoms with Gasteiger partial charge in [-0.2, -0.15) is 4.98 Å². The number of methoxy groups -OCH3 is 1. The number of rotatable bonds is 4. The maximum Gasteiger partial charge on any atom is 0.315 e. The van der Waals surface area contributed by atoms with Crippen molar-refractivity contribution in [2.75, 3.05) is 7.11 Å². The van der Waals surface area contributed by atoms with Gasteiger partial charge in [0.05, 0.1) is 18.3 Å². The van der Waals surface area contributed by atoms with Gasteiger partial charge in [-0.1, -0.05) is 48.0 Å². The first-order valence-electron chi connectivity index (χ1n) is 7.55. The fraction of sp³-hybridized carbons (Fsp3) is 0.158. The minimum atomic E-state index is -0.409. The third kappa shape index (κ3) is 3.19. The number of hydrogen-bond acceptors (Lipinski definition) is 3. The Balaban J connectivity index is 2.18. The number of nitrogens with zero attached hydrogens (tertiary/aromatic N) is 2. The highest BCUT2D eigenvalue weighted by Gasteiger charge is 2.14. The molecular formula is C19H17ClN2O2. The van der Waals surface area contributed by atoms with Crippen molar-refractivity contribution in [2.45, 2.75) is 13.5 Å². The SMILES string of the molecule is COc1cn(Cc2ccccc2C)c(-c2ccccc2Cl)nc1=O. The van der Waals surface area contributed by atoms with Crippen molar-refractivity contribution < 1.29 is 4.74 Å². The summed E-state index contributed by atoms with van der Waals surface area (Å²) in [7, 11) is 1.46. The molecule has 0 radical (unpaired) electrons. The van der Waals surface area contributed by atoms with Crippen molar-refractivity contribution in [3.8, 4) is 17.1 Å². The third-order valence-electron chi connectivity index (χ3n) is 3.90. The standard InChI is InChI=1S/C19H17ClN2O2/c1-13-7-3-4-8-14(13)11-22-12-17(24-2)19(23)21-18(22)15-9-5-6-10-16(15)20/h3-10,12H,11H2,1-2H3. The molecule has 3 aromatic rings. The van der Waals surface area contributed by atoms with Crippen LogP contribution in [0.1, 0.15) is 11.1 Å². The van der Waals surface area contributed by atoms with E-state index in [4.69, 9.17) is 16.3 Å². The van der Waals surface area contributed by atoms with Crippen molar-refractivity contribution in [3.63, 3.8) is 0 Å². The summed E-state index contributed by atoms with van der Waals surface area (Å²) < 4.78 is 7.04. The predicted octanol–water partition coefficient (Wildman–Crippen LogP) is 3.93. The Morgan fingerprint density at radius 3 is 2.54 bits per heavy atom. The highest BCUT2D eigenvalue weighted by atomic mass is 35.5. The lowest BCUT2D eigenvalue weighted by Gasteiger charge is -2.16. The molecule has 24 heavy (non-hydrogen) atoms. The van der Waals surface area contributed by atoms with Gasteiger partial charge in [-0.25, -0.2) is 0 Å². The van der Waals surface area contributed by atoms with Crippen LogP contribution < -0.4 is 10.3 Å². The van der Waals surface area contributed by atoms with Gasteiger partial charge in [-0.15, -0.1) is 0 Å². The first-order valence-corrected chi connectivity index (χ1v) is 7.93. The van der Waals surface area contributed by atoms with Gasteiger partial charge in [0, 0.05) is 12.1 Å². The second-order valence-electron chi connectivity index (χ2n) is 5.47. The number of aromatic nitrogens is 2. The molecule has 1 heterocycles. The van der Waals surface area contributed by atoms with Gasteiger partial charge in [0.25, 0.3) is 0 Å². The summed E-state index contributed by atoms with van der Waals surface area (Å²) in [5, 5.41) is 0.549. The van der Waals surface area contributed by atoms with E-state index in [0.717, 1.165) is 5.56 Å². The molecule has 0 unspecified atom stereocenters. The van der Waals surface area contributed by atoms with E-state index in [9.17, 15) is 4.79 Å². The molecule has 4 nitrogen and oxygen atoms in total. The highest BCUT2D eigenvalue weighted by molar-refractivity contribution is 6.33. The quantitative estimate of drug-likeness (QED) is 0.722. The smallest absolute Gasteiger partial charge is 0.315 e. The molecule has 3 rings (SSSR count). The normalized spacial score (nSPS) is 10.6. The fourth-order valence-corrected chi connectivity index (χ4v) is 2.78. The lowest BCUT2D eigenvalue weighted by Crippen LogP contribution is -2.17. The molecule has 0 amide bonds. The maximum atomic E-state index is 12.1. The Morgan fingerprint density at radius 2 is 1.83 bits per heavy atom. The number of benzene rings is 2. The van der Waals surface area contributed by atoms with Gasteiger partial charge < -0.3 is 9.30 Å². The average Bonchev–Trinajstić information content (AvgIpc) is 2.58. The van der Waals surface area contributed by atoms with E-state index in [0.29, 0.717) is 23.0 Å². The number of hydrogen-bond donors (Lipinski definition) is 0. The molecule has 5 heteroatoms. The largest absolute Gasteiger partial charge is 0.490 e. The van der Waals surface area contributed by atoms with Gasteiger partial charge >= 0.3 is 5.56 Å². The van der Waals surface area contributed by atoms with Crippen molar-refractivity contribution >= 4 is 11.6 Å². The Kier molecular flexibility index (Phi) is 4.67. The van der Waals surface area contributed by atoms with E-state index in [1.807, 2.05) is 34.9 Å². The van der Waals surface area contributed by atoms with Crippen LogP contribution in [0, 0.1) is 6.92 Å². The Hall–Kier alpha value is -2.59. The van der Waals surface area contributed by atoms with Gasteiger partial charge in [0.1, 0.15) is 5.82 Å². The second-order valence-corrected chi connectivity index (χ2v) is 5.88. The van der Waals surface area contributed by atoms with Crippen LogP contribution in [-0.4, -0.2) is 16.7 Å². The molecule has 2 aromatic carbocycles. The van der Waals surface area contributed by atoms with Crippen LogP contribution in [0.5, 0.6) is 5.75 Å². The molecule has 1 aromatic heterocycles. The van der Waals surface area contributed by atoms with E-state index < -0.39 is 5.56 Å². The van der Waals surface area contributed by atoms with Crippen LogP contribution in [0.3, 0.4) is 0 Å². The van der Waals surface area contributed by atoms with E-state index in [-0.39, 0.29) is 5.75 Å². The van der Waals surface area contributed by atoms with E-state index in [2.05, 4.69) is 24.0 Å². The summed E-state index contributed by atoms with van der Waals surface area (Å²) in [5.41, 5.74) is 2.61. The zero-order valence-corrected chi connectivity index (χ0v) is 14.2. The fourth-order valence-electron chi connectivity index (χ4n) is 2.56. The zero-order valence-electron chi connectivity index (χ0n) is 13.5. The molecule has 0 N–H and O–H groups in total. The molecule has 0 aliphatic heterocycles. The van der Waals surface area contributed by atoms with Gasteiger partial charge in [0.2, 0.25) is 5.75 Å². The average molecular weight is 341 g/mol. The van der Waals surface area contributed by atoms with Crippen molar-refractivity contribution in [1.82, 2.24) is 9.55 Å². The number of aryl methyl sites for hydroxylation is 1. The van der Waals surface area contributed by atoms with Crippen molar-refractivity contribution in [3.05, 3.63) is 81.2 Å². The molecule has 0 saturated carbocycles. The minimum Gasteiger partial charge on any atom is -0.490 e.